The summed E-state index contributed by atoms with van der Waals surface area (Å²) in [5, 5.41) is 18.2. The average Bonchev–Trinajstić information content (AvgIpc) is 3.29. The van der Waals surface area contributed by atoms with Gasteiger partial charge in [0, 0.05) is 44.9 Å². The van der Waals surface area contributed by atoms with Gasteiger partial charge in [-0.1, -0.05) is 25.5 Å². The first kappa shape index (κ1) is 24.9. The molecule has 1 aliphatic carbocycles. The summed E-state index contributed by atoms with van der Waals surface area (Å²) >= 11 is 0. The minimum Gasteiger partial charge on any atom is -0.421 e. The molecule has 6 heteroatoms. The first-order chi connectivity index (χ1) is 16.3. The molecule has 0 amide bonds. The highest BCUT2D eigenvalue weighted by molar-refractivity contribution is 5.58. The van der Waals surface area contributed by atoms with E-state index in [1.807, 2.05) is 26.2 Å². The Bertz CT molecular complexity index is 942. The third kappa shape index (κ3) is 5.89. The Morgan fingerprint density at radius 3 is 2.44 bits per heavy atom. The van der Waals surface area contributed by atoms with Gasteiger partial charge in [-0.3, -0.25) is 0 Å². The zero-order valence-corrected chi connectivity index (χ0v) is 21.6. The summed E-state index contributed by atoms with van der Waals surface area (Å²) in [6.45, 7) is 10.7. The molecule has 1 aliphatic heterocycles. The summed E-state index contributed by atoms with van der Waals surface area (Å²) in [6.07, 6.45) is 6.76. The molecule has 1 aromatic heterocycles. The lowest BCUT2D eigenvalue weighted by Crippen LogP contribution is -2.41. The molecule has 0 saturated carbocycles. The topological polar surface area (TPSA) is 65.6 Å². The second-order valence-electron chi connectivity index (χ2n) is 11.0. The number of aliphatic hydroxyl groups excluding tert-OH is 1. The standard InChI is InChI=1S/C28H42N4O2/c1-19(2)26-15-23(20(3)14-24(26)17-32-12-10-21(18-33)11-13-32)16-27-29-30-28(34-27)22-6-8-25(9-7-22)31(4)5/h6-9,14,19,21,23-24,26,33H,10-13,15-18H2,1-5H3. The van der Waals surface area contributed by atoms with Crippen LogP contribution in [0.3, 0.4) is 0 Å². The number of aromatic nitrogens is 2. The second-order valence-corrected chi connectivity index (χ2v) is 11.0. The van der Waals surface area contributed by atoms with Gasteiger partial charge in [-0.15, -0.1) is 10.2 Å². The molecular formula is C28H42N4O2. The lowest BCUT2D eigenvalue weighted by atomic mass is 9.69. The van der Waals surface area contributed by atoms with E-state index in [1.165, 1.54) is 12.0 Å². The highest BCUT2D eigenvalue weighted by Crippen LogP contribution is 2.39. The first-order valence-corrected chi connectivity index (χ1v) is 13.0. The van der Waals surface area contributed by atoms with E-state index in [9.17, 15) is 5.11 Å². The molecular weight excluding hydrogens is 424 g/mol. The van der Waals surface area contributed by atoms with Gasteiger partial charge in [0.05, 0.1) is 0 Å². The molecule has 1 N–H and O–H groups in total. The summed E-state index contributed by atoms with van der Waals surface area (Å²) in [6, 6.07) is 8.24. The Hall–Kier alpha value is -2.18. The van der Waals surface area contributed by atoms with Gasteiger partial charge in [0.25, 0.3) is 0 Å². The van der Waals surface area contributed by atoms with Crippen LogP contribution in [-0.4, -0.2) is 60.5 Å². The zero-order chi connectivity index (χ0) is 24.2. The van der Waals surface area contributed by atoms with E-state index in [2.05, 4.69) is 59.0 Å². The van der Waals surface area contributed by atoms with Crippen molar-refractivity contribution in [3.8, 4) is 11.5 Å². The molecule has 1 aromatic carbocycles. The number of anilines is 1. The van der Waals surface area contributed by atoms with Crippen molar-refractivity contribution in [3.63, 3.8) is 0 Å². The number of aliphatic hydroxyl groups is 1. The van der Waals surface area contributed by atoms with E-state index in [0.29, 0.717) is 42.1 Å². The van der Waals surface area contributed by atoms with Gasteiger partial charge in [0.1, 0.15) is 0 Å². The lowest BCUT2D eigenvalue weighted by molar-refractivity contribution is 0.103. The van der Waals surface area contributed by atoms with Crippen LogP contribution < -0.4 is 4.90 Å². The minimum atomic E-state index is 0.339. The van der Waals surface area contributed by atoms with Crippen LogP contribution in [0.2, 0.25) is 0 Å². The van der Waals surface area contributed by atoms with Crippen LogP contribution in [0, 0.1) is 29.6 Å². The fourth-order valence-electron chi connectivity index (χ4n) is 5.70. The molecule has 34 heavy (non-hydrogen) atoms. The molecule has 0 bridgehead atoms. The van der Waals surface area contributed by atoms with Crippen molar-refractivity contribution in [3.05, 3.63) is 41.8 Å². The smallest absolute Gasteiger partial charge is 0.247 e. The maximum Gasteiger partial charge on any atom is 0.247 e. The summed E-state index contributed by atoms with van der Waals surface area (Å²) in [4.78, 5) is 4.69. The molecule has 0 radical (unpaired) electrons. The third-order valence-corrected chi connectivity index (χ3v) is 8.04. The van der Waals surface area contributed by atoms with E-state index in [0.717, 1.165) is 56.0 Å². The molecule has 1 saturated heterocycles. The summed E-state index contributed by atoms with van der Waals surface area (Å²) in [5.41, 5.74) is 3.58. The van der Waals surface area contributed by atoms with Crippen molar-refractivity contribution in [2.45, 2.75) is 46.5 Å². The Kier molecular flexibility index (Phi) is 8.10. The highest BCUT2D eigenvalue weighted by Gasteiger charge is 2.34. The van der Waals surface area contributed by atoms with Crippen molar-refractivity contribution < 1.29 is 9.52 Å². The average molecular weight is 467 g/mol. The normalized spacial score (nSPS) is 24.4. The van der Waals surface area contributed by atoms with Gasteiger partial charge in [0.15, 0.2) is 0 Å². The first-order valence-electron chi connectivity index (χ1n) is 13.0. The number of piperidine rings is 1. The van der Waals surface area contributed by atoms with Gasteiger partial charge < -0.3 is 19.3 Å². The number of nitrogens with zero attached hydrogens (tertiary/aromatic N) is 4. The second kappa shape index (κ2) is 11.0. The molecule has 186 valence electrons. The molecule has 1 fully saturated rings. The van der Waals surface area contributed by atoms with Crippen LogP contribution in [0.4, 0.5) is 5.69 Å². The van der Waals surface area contributed by atoms with Crippen molar-refractivity contribution in [2.24, 2.45) is 29.6 Å². The van der Waals surface area contributed by atoms with Gasteiger partial charge >= 0.3 is 0 Å². The Morgan fingerprint density at radius 2 is 1.82 bits per heavy atom. The summed E-state index contributed by atoms with van der Waals surface area (Å²) in [7, 11) is 4.07. The van der Waals surface area contributed by atoms with E-state index in [4.69, 9.17) is 4.42 Å². The molecule has 2 heterocycles. The van der Waals surface area contributed by atoms with E-state index < -0.39 is 0 Å². The highest BCUT2D eigenvalue weighted by atomic mass is 16.4. The third-order valence-electron chi connectivity index (χ3n) is 8.04. The van der Waals surface area contributed by atoms with Crippen LogP contribution >= 0.6 is 0 Å². The number of hydrogen-bond acceptors (Lipinski definition) is 6. The molecule has 6 nitrogen and oxygen atoms in total. The van der Waals surface area contributed by atoms with Crippen LogP contribution in [0.15, 0.2) is 40.3 Å². The quantitative estimate of drug-likeness (QED) is 0.558. The maximum absolute atomic E-state index is 9.45. The molecule has 2 aromatic rings. The largest absolute Gasteiger partial charge is 0.421 e. The summed E-state index contributed by atoms with van der Waals surface area (Å²) in [5.74, 6) is 4.17. The number of rotatable bonds is 8. The van der Waals surface area contributed by atoms with Crippen molar-refractivity contribution in [1.29, 1.82) is 0 Å². The number of allylic oxidation sites excluding steroid dienone is 1. The van der Waals surface area contributed by atoms with Gasteiger partial charge in [-0.2, -0.15) is 0 Å². The molecule has 2 aliphatic rings. The fraction of sp³-hybridized carbons (Fsp3) is 0.643. The van der Waals surface area contributed by atoms with Gasteiger partial charge in [-0.05, 0) is 93.1 Å². The molecule has 3 unspecified atom stereocenters. The van der Waals surface area contributed by atoms with Crippen LogP contribution in [0.1, 0.15) is 45.9 Å². The van der Waals surface area contributed by atoms with Crippen LogP contribution in [0.5, 0.6) is 0 Å². The van der Waals surface area contributed by atoms with Crippen LogP contribution in [0.25, 0.3) is 11.5 Å². The SMILES string of the molecule is CC1=CC(CN2CCC(CO)CC2)C(C(C)C)CC1Cc1nnc(-c2ccc(N(C)C)cc2)o1. The van der Waals surface area contributed by atoms with E-state index in [1.54, 1.807) is 0 Å². The number of hydrogen-bond donors (Lipinski definition) is 1. The predicted molar refractivity (Wildman–Crippen MR) is 138 cm³/mol. The molecule has 4 rings (SSSR count). The minimum absolute atomic E-state index is 0.339. The van der Waals surface area contributed by atoms with Crippen molar-refractivity contribution in [2.75, 3.05) is 45.2 Å². The van der Waals surface area contributed by atoms with Gasteiger partial charge in [0.2, 0.25) is 11.8 Å². The van der Waals surface area contributed by atoms with Crippen LogP contribution in [-0.2, 0) is 6.42 Å². The lowest BCUT2D eigenvalue weighted by Gasteiger charge is -2.40. The number of likely N-dealkylation sites (tertiary alicyclic amines) is 1. The Balaban J connectivity index is 1.41. The maximum atomic E-state index is 9.45. The Labute approximate surface area is 205 Å². The van der Waals surface area contributed by atoms with Crippen molar-refractivity contribution in [1.82, 2.24) is 15.1 Å². The van der Waals surface area contributed by atoms with E-state index in [-0.39, 0.29) is 0 Å². The predicted octanol–water partition coefficient (Wildman–Crippen LogP) is 4.90. The fourth-order valence-corrected chi connectivity index (χ4v) is 5.70. The Morgan fingerprint density at radius 1 is 1.12 bits per heavy atom. The van der Waals surface area contributed by atoms with E-state index >= 15 is 0 Å². The van der Waals surface area contributed by atoms with Crippen molar-refractivity contribution >= 4 is 5.69 Å². The van der Waals surface area contributed by atoms with Gasteiger partial charge in [-0.25, -0.2) is 0 Å². The monoisotopic (exact) mass is 466 g/mol. The molecule has 3 atom stereocenters. The zero-order valence-electron chi connectivity index (χ0n) is 21.6. The summed E-state index contributed by atoms with van der Waals surface area (Å²) < 4.78 is 6.09. The number of benzene rings is 1. The molecule has 0 spiro atoms.